The molecule has 0 amide bonds. The largest absolute Gasteiger partial charge is 0.456 e. The zero-order valence-electron chi connectivity index (χ0n) is 63.8. The smallest absolute Gasteiger partial charge is 0.240 e. The highest BCUT2D eigenvalue weighted by Gasteiger charge is 2.37. The maximum atomic E-state index is 6.32. The molecular formula is C108H68N8O. The second kappa shape index (κ2) is 24.8. The van der Waals surface area contributed by atoms with Gasteiger partial charge in [0, 0.05) is 92.7 Å². The molecule has 9 heteroatoms. The Morgan fingerprint density at radius 3 is 1.15 bits per heavy atom. The van der Waals surface area contributed by atoms with Gasteiger partial charge in [0.2, 0.25) is 11.9 Å². The van der Waals surface area contributed by atoms with Gasteiger partial charge in [-0.1, -0.05) is 244 Å². The second-order valence-corrected chi connectivity index (χ2v) is 31.9. The van der Waals surface area contributed by atoms with Crippen molar-refractivity contribution in [1.29, 1.82) is 0 Å². The number of furan rings is 1. The number of rotatable bonds is 10. The van der Waals surface area contributed by atoms with Crippen molar-refractivity contribution in [3.05, 3.63) is 387 Å². The number of hydrogen-bond acceptors (Lipinski definition) is 4. The van der Waals surface area contributed by atoms with E-state index < -0.39 is 0 Å². The molecule has 0 bridgehead atoms. The molecule has 1 aliphatic rings. The molecule has 25 rings (SSSR count). The van der Waals surface area contributed by atoms with Crippen LogP contribution in [0.1, 0.15) is 25.0 Å². The van der Waals surface area contributed by atoms with Crippen molar-refractivity contribution in [2.24, 2.45) is 0 Å². The highest BCUT2D eigenvalue weighted by atomic mass is 16.3. The van der Waals surface area contributed by atoms with E-state index >= 15 is 0 Å². The highest BCUT2D eigenvalue weighted by molar-refractivity contribution is 6.17. The fraction of sp³-hybridized carbons (Fsp3) is 0.0278. The number of benzene rings is 17. The summed E-state index contributed by atoms with van der Waals surface area (Å²) in [4.78, 5) is 17.1. The van der Waals surface area contributed by atoms with Crippen molar-refractivity contribution < 1.29 is 4.42 Å². The van der Waals surface area contributed by atoms with Crippen LogP contribution in [0, 0.1) is 0 Å². The van der Waals surface area contributed by atoms with Gasteiger partial charge in [0.15, 0.2) is 5.82 Å². The summed E-state index contributed by atoms with van der Waals surface area (Å²) < 4.78 is 18.1. The van der Waals surface area contributed by atoms with Crippen molar-refractivity contribution in [3.8, 4) is 96.0 Å². The zero-order chi connectivity index (χ0) is 76.9. The molecule has 0 saturated heterocycles. The van der Waals surface area contributed by atoms with Crippen molar-refractivity contribution in [2.75, 3.05) is 0 Å². The van der Waals surface area contributed by atoms with Crippen LogP contribution in [0.5, 0.6) is 0 Å². The van der Waals surface area contributed by atoms with Crippen LogP contribution in [-0.2, 0) is 5.41 Å². The molecule has 7 aromatic heterocycles. The third kappa shape index (κ3) is 9.75. The van der Waals surface area contributed by atoms with Crippen LogP contribution in [0.2, 0.25) is 0 Å². The summed E-state index contributed by atoms with van der Waals surface area (Å²) in [5.74, 6) is 1.58. The fourth-order valence-electron chi connectivity index (χ4n) is 19.7. The summed E-state index contributed by atoms with van der Waals surface area (Å²) >= 11 is 0. The lowest BCUT2D eigenvalue weighted by molar-refractivity contribution is 0.661. The molecule has 0 atom stereocenters. The first kappa shape index (κ1) is 65.1. The van der Waals surface area contributed by atoms with Gasteiger partial charge in [-0.05, 0) is 212 Å². The molecule has 546 valence electrons. The van der Waals surface area contributed by atoms with Crippen LogP contribution in [-0.4, -0.2) is 37.8 Å². The highest BCUT2D eigenvalue weighted by Crippen LogP contribution is 2.52. The Morgan fingerprint density at radius 2 is 0.573 bits per heavy atom. The molecule has 0 spiro atoms. The molecule has 117 heavy (non-hydrogen) atoms. The Bertz CT molecular complexity index is 8150. The number of para-hydroxylation sites is 7. The van der Waals surface area contributed by atoms with Gasteiger partial charge in [-0.15, -0.1) is 0 Å². The van der Waals surface area contributed by atoms with E-state index in [-0.39, 0.29) is 5.41 Å². The van der Waals surface area contributed by atoms with E-state index in [4.69, 9.17) is 19.4 Å². The minimum atomic E-state index is -0.256. The monoisotopic (exact) mass is 1490 g/mol. The van der Waals surface area contributed by atoms with Gasteiger partial charge in [0.05, 0.1) is 55.2 Å². The molecule has 0 saturated carbocycles. The summed E-state index contributed by atoms with van der Waals surface area (Å²) in [6.45, 7) is 4.70. The summed E-state index contributed by atoms with van der Waals surface area (Å²) in [6, 6.07) is 138. The Labute approximate surface area is 671 Å². The van der Waals surface area contributed by atoms with Gasteiger partial charge in [0.25, 0.3) is 0 Å². The Kier molecular flexibility index (Phi) is 13.8. The lowest BCUT2D eigenvalue weighted by Gasteiger charge is -2.21. The first-order valence-electron chi connectivity index (χ1n) is 40.1. The first-order chi connectivity index (χ1) is 57.7. The number of hydrogen-bond donors (Lipinski definition) is 0. The van der Waals surface area contributed by atoms with Crippen LogP contribution in [0.3, 0.4) is 0 Å². The SMILES string of the molecule is CC1(C)c2ccccc2-c2cc3c4ccccc4n(-c4nc(-c5cccc(-c6cccc(-n7c8cc(-c9ccc%10c(c9)c9ccccc9n%10-c9ccccc9)ccc8c8ccc(-c9ccc%10c(c9)c9ccccc9n%10-c9ccccc9)cc87)c6)c5)nc(-n5c6ccccc6c6cc(-c7ccc8oc9ccccc9c8c7)ccc65)n4)c3cc21. The van der Waals surface area contributed by atoms with E-state index in [1.807, 2.05) is 12.1 Å². The topological polar surface area (TPSA) is 76.5 Å². The molecule has 9 nitrogen and oxygen atoms in total. The van der Waals surface area contributed by atoms with E-state index in [2.05, 4.69) is 401 Å². The van der Waals surface area contributed by atoms with E-state index in [0.717, 1.165) is 144 Å². The van der Waals surface area contributed by atoms with Crippen molar-refractivity contribution >= 4 is 131 Å². The Morgan fingerprint density at radius 1 is 0.205 bits per heavy atom. The van der Waals surface area contributed by atoms with E-state index in [9.17, 15) is 0 Å². The Hall–Kier alpha value is -15.5. The fourth-order valence-corrected chi connectivity index (χ4v) is 19.7. The second-order valence-electron chi connectivity index (χ2n) is 31.9. The van der Waals surface area contributed by atoms with E-state index in [1.54, 1.807) is 0 Å². The van der Waals surface area contributed by atoms with Crippen LogP contribution in [0.15, 0.2) is 381 Å². The molecule has 0 aliphatic heterocycles. The average Bonchev–Trinajstić information content (AvgIpc) is 1.54. The summed E-state index contributed by atoms with van der Waals surface area (Å²) in [5, 5.41) is 13.8. The van der Waals surface area contributed by atoms with Gasteiger partial charge in [-0.25, -0.2) is 0 Å². The minimum absolute atomic E-state index is 0.256. The predicted molar refractivity (Wildman–Crippen MR) is 484 cm³/mol. The summed E-state index contributed by atoms with van der Waals surface area (Å²) in [7, 11) is 0. The molecule has 0 unspecified atom stereocenters. The molecule has 24 aromatic rings. The minimum Gasteiger partial charge on any atom is -0.456 e. The Balaban J connectivity index is 0.672. The van der Waals surface area contributed by atoms with Crippen LogP contribution in [0.25, 0.3) is 227 Å². The van der Waals surface area contributed by atoms with Crippen molar-refractivity contribution in [3.63, 3.8) is 0 Å². The number of nitrogens with zero attached hydrogens (tertiary/aromatic N) is 8. The normalized spacial score (nSPS) is 12.8. The number of aromatic nitrogens is 8. The quantitative estimate of drug-likeness (QED) is 0.137. The molecule has 0 fully saturated rings. The number of fused-ring (bicyclic) bond motifs is 21. The third-order valence-corrected chi connectivity index (χ3v) is 25.1. The maximum Gasteiger partial charge on any atom is 0.240 e. The molecule has 0 N–H and O–H groups in total. The van der Waals surface area contributed by atoms with Crippen molar-refractivity contribution in [2.45, 2.75) is 19.3 Å². The molecule has 17 aromatic carbocycles. The maximum absolute atomic E-state index is 6.32. The molecular weight excluding hydrogens is 1430 g/mol. The third-order valence-electron chi connectivity index (χ3n) is 25.1. The van der Waals surface area contributed by atoms with Gasteiger partial charge in [-0.3, -0.25) is 9.13 Å². The van der Waals surface area contributed by atoms with Gasteiger partial charge < -0.3 is 18.1 Å². The van der Waals surface area contributed by atoms with Crippen LogP contribution >= 0.6 is 0 Å². The van der Waals surface area contributed by atoms with Crippen molar-refractivity contribution in [1.82, 2.24) is 37.8 Å². The average molecular weight is 1490 g/mol. The van der Waals surface area contributed by atoms with Gasteiger partial charge in [0.1, 0.15) is 11.2 Å². The van der Waals surface area contributed by atoms with E-state index in [1.165, 1.54) is 76.6 Å². The molecule has 7 heterocycles. The predicted octanol–water partition coefficient (Wildman–Crippen LogP) is 27.9. The van der Waals surface area contributed by atoms with Gasteiger partial charge >= 0.3 is 0 Å². The zero-order valence-corrected chi connectivity index (χ0v) is 63.8. The standard InChI is InChI=1S/C108H68N8O/c1-108(2)91-37-15-9-31-77(91)85-63-89-81-35-13-19-41-96(81)116(102(89)64-92(85)108)107-110-105(109-106(111-107)115-95-40-18-12-34-80(95)88-57-67(47-53-99(88)115)70-48-54-104-90(60-70)84-36-14-20-42-103(84)117-104)73-25-21-23-65(55-73)66-24-22-30-76(56-66)114-100-61-71(68-45-51-97-86(58-68)78-32-10-16-38-93(78)112(97)74-26-5-3-6-27-74)43-49-82(100)83-50-44-72(62-101(83)114)69-46-52-98-87(59-69)79-33-11-17-39-94(79)113(98)75-28-7-4-8-29-75/h3-64H,1-2H3. The molecule has 0 radical (unpaired) electrons. The van der Waals surface area contributed by atoms with E-state index in [0.29, 0.717) is 17.7 Å². The lowest BCUT2D eigenvalue weighted by atomic mass is 9.82. The van der Waals surface area contributed by atoms with Gasteiger partial charge in [-0.2, -0.15) is 15.0 Å². The van der Waals surface area contributed by atoms with Crippen LogP contribution in [0.4, 0.5) is 0 Å². The molecule has 1 aliphatic carbocycles. The first-order valence-corrected chi connectivity index (χ1v) is 40.1. The summed E-state index contributed by atoms with van der Waals surface area (Å²) in [5.41, 5.74) is 30.5. The van der Waals surface area contributed by atoms with Crippen LogP contribution < -0.4 is 0 Å². The summed E-state index contributed by atoms with van der Waals surface area (Å²) in [6.07, 6.45) is 0. The lowest BCUT2D eigenvalue weighted by Crippen LogP contribution is -2.15.